The van der Waals surface area contributed by atoms with Crippen molar-refractivity contribution < 1.29 is 28.7 Å². The van der Waals surface area contributed by atoms with Gasteiger partial charge in [-0.25, -0.2) is 4.79 Å². The summed E-state index contributed by atoms with van der Waals surface area (Å²) in [4.78, 5) is 53.6. The summed E-state index contributed by atoms with van der Waals surface area (Å²) in [5.41, 5.74) is 1.05. The molecule has 2 aliphatic rings. The Balaban J connectivity index is 1.47. The molecule has 2 fully saturated rings. The van der Waals surface area contributed by atoms with E-state index < -0.39 is 29.9 Å². The number of benzene rings is 1. The second kappa shape index (κ2) is 10.1. The maximum absolute atomic E-state index is 13.2. The summed E-state index contributed by atoms with van der Waals surface area (Å²) in [5, 5.41) is 9.02. The van der Waals surface area contributed by atoms with E-state index in [4.69, 9.17) is 9.47 Å². The van der Waals surface area contributed by atoms with Crippen LogP contribution in [0.5, 0.6) is 5.75 Å². The molecule has 2 aromatic rings. The zero-order chi connectivity index (χ0) is 24.2. The maximum atomic E-state index is 13.2. The summed E-state index contributed by atoms with van der Waals surface area (Å²) < 4.78 is 10.2. The third kappa shape index (κ3) is 5.32. The SMILES string of the molecule is COC(=O)C(CC1CCNC1=O)NC(=O)C(CC1CC1)NC(=O)c1cc2c(OC)cccc2[nH]1. The lowest BCUT2D eigenvalue weighted by molar-refractivity contribution is -0.146. The van der Waals surface area contributed by atoms with Gasteiger partial charge in [-0.1, -0.05) is 18.9 Å². The van der Waals surface area contributed by atoms with Gasteiger partial charge in [-0.05, 0) is 43.4 Å². The number of nitrogens with one attached hydrogen (secondary N) is 4. The number of amides is 3. The molecule has 3 unspecified atom stereocenters. The topological polar surface area (TPSA) is 139 Å². The van der Waals surface area contributed by atoms with Crippen LogP contribution in [0.25, 0.3) is 10.9 Å². The van der Waals surface area contributed by atoms with Crippen molar-refractivity contribution in [2.45, 2.75) is 44.2 Å². The van der Waals surface area contributed by atoms with Crippen molar-refractivity contribution in [2.75, 3.05) is 20.8 Å². The minimum Gasteiger partial charge on any atom is -0.496 e. The largest absolute Gasteiger partial charge is 0.496 e. The van der Waals surface area contributed by atoms with E-state index in [1.807, 2.05) is 12.1 Å². The van der Waals surface area contributed by atoms with Gasteiger partial charge in [-0.3, -0.25) is 14.4 Å². The Kier molecular flexibility index (Phi) is 7.04. The van der Waals surface area contributed by atoms with Crippen molar-refractivity contribution in [1.82, 2.24) is 20.9 Å². The summed E-state index contributed by atoms with van der Waals surface area (Å²) in [6.45, 7) is 0.543. The number of carbonyl (C=O) groups is 4. The van der Waals surface area contributed by atoms with E-state index >= 15 is 0 Å². The molecule has 1 aromatic carbocycles. The van der Waals surface area contributed by atoms with Gasteiger partial charge in [0, 0.05) is 23.4 Å². The van der Waals surface area contributed by atoms with Gasteiger partial charge in [-0.2, -0.15) is 0 Å². The zero-order valence-corrected chi connectivity index (χ0v) is 19.3. The summed E-state index contributed by atoms with van der Waals surface area (Å²) >= 11 is 0. The molecule has 10 heteroatoms. The molecule has 3 amide bonds. The molecule has 0 spiro atoms. The van der Waals surface area contributed by atoms with Crippen molar-refractivity contribution in [3.05, 3.63) is 30.0 Å². The average molecular weight is 471 g/mol. The molecular weight excluding hydrogens is 440 g/mol. The van der Waals surface area contributed by atoms with Crippen LogP contribution in [0.1, 0.15) is 42.6 Å². The highest BCUT2D eigenvalue weighted by Crippen LogP contribution is 2.34. The second-order valence-corrected chi connectivity index (χ2v) is 8.91. The average Bonchev–Trinajstić information content (AvgIpc) is 3.39. The molecule has 1 aliphatic heterocycles. The van der Waals surface area contributed by atoms with Crippen molar-refractivity contribution in [1.29, 1.82) is 0 Å². The predicted molar refractivity (Wildman–Crippen MR) is 123 cm³/mol. The maximum Gasteiger partial charge on any atom is 0.328 e. The molecule has 3 atom stereocenters. The normalized spacial score (nSPS) is 19.2. The van der Waals surface area contributed by atoms with E-state index in [1.165, 1.54) is 7.11 Å². The first kappa shape index (κ1) is 23.6. The van der Waals surface area contributed by atoms with Gasteiger partial charge in [0.2, 0.25) is 11.8 Å². The number of rotatable bonds is 10. The van der Waals surface area contributed by atoms with Crippen molar-refractivity contribution >= 4 is 34.6 Å². The van der Waals surface area contributed by atoms with E-state index in [-0.39, 0.29) is 18.2 Å². The number of ether oxygens (including phenoxy) is 2. The van der Waals surface area contributed by atoms with Gasteiger partial charge >= 0.3 is 5.97 Å². The molecule has 1 saturated heterocycles. The summed E-state index contributed by atoms with van der Waals surface area (Å²) in [6, 6.07) is 5.36. The van der Waals surface area contributed by atoms with Gasteiger partial charge in [-0.15, -0.1) is 0 Å². The van der Waals surface area contributed by atoms with Crippen molar-refractivity contribution in [3.8, 4) is 5.75 Å². The number of fused-ring (bicyclic) bond motifs is 1. The fraction of sp³-hybridized carbons (Fsp3) is 0.500. The van der Waals surface area contributed by atoms with E-state index in [2.05, 4.69) is 20.9 Å². The molecule has 0 bridgehead atoms. The van der Waals surface area contributed by atoms with E-state index in [1.54, 1.807) is 19.2 Å². The number of hydrogen-bond acceptors (Lipinski definition) is 6. The van der Waals surface area contributed by atoms with Crippen LogP contribution in [0.3, 0.4) is 0 Å². The van der Waals surface area contributed by atoms with E-state index in [0.717, 1.165) is 23.7 Å². The smallest absolute Gasteiger partial charge is 0.328 e. The third-order valence-electron chi connectivity index (χ3n) is 6.46. The monoisotopic (exact) mass is 470 g/mol. The van der Waals surface area contributed by atoms with Crippen LogP contribution in [0.2, 0.25) is 0 Å². The van der Waals surface area contributed by atoms with Gasteiger partial charge in [0.25, 0.3) is 5.91 Å². The molecule has 0 radical (unpaired) electrons. The van der Waals surface area contributed by atoms with Gasteiger partial charge in [0.15, 0.2) is 0 Å². The fourth-order valence-electron chi connectivity index (χ4n) is 4.37. The van der Waals surface area contributed by atoms with E-state index in [0.29, 0.717) is 36.7 Å². The van der Waals surface area contributed by atoms with Crippen LogP contribution in [0.15, 0.2) is 24.3 Å². The summed E-state index contributed by atoms with van der Waals surface area (Å²) in [6.07, 6.45) is 3.20. The summed E-state index contributed by atoms with van der Waals surface area (Å²) in [7, 11) is 2.80. The first-order valence-corrected chi connectivity index (χ1v) is 11.5. The van der Waals surface area contributed by atoms with E-state index in [9.17, 15) is 19.2 Å². The number of esters is 1. The third-order valence-corrected chi connectivity index (χ3v) is 6.46. The molecule has 4 rings (SSSR count). The lowest BCUT2D eigenvalue weighted by atomic mass is 9.97. The Morgan fingerprint density at radius 1 is 1.09 bits per heavy atom. The Hall–Kier alpha value is -3.56. The number of aromatic amines is 1. The molecule has 34 heavy (non-hydrogen) atoms. The molecule has 182 valence electrons. The lowest BCUT2D eigenvalue weighted by Gasteiger charge is -2.23. The van der Waals surface area contributed by atoms with Crippen LogP contribution < -0.4 is 20.7 Å². The predicted octanol–water partition coefficient (Wildman–Crippen LogP) is 1.26. The second-order valence-electron chi connectivity index (χ2n) is 8.91. The molecule has 4 N–H and O–H groups in total. The molecule has 2 heterocycles. The first-order chi connectivity index (χ1) is 16.4. The Bertz CT molecular complexity index is 1090. The first-order valence-electron chi connectivity index (χ1n) is 11.5. The minimum atomic E-state index is -0.970. The molecule has 1 saturated carbocycles. The van der Waals surface area contributed by atoms with Crippen LogP contribution in [-0.4, -0.2) is 61.5 Å². The van der Waals surface area contributed by atoms with Gasteiger partial charge in [0.05, 0.1) is 14.2 Å². The number of H-pyrrole nitrogens is 1. The highest BCUT2D eigenvalue weighted by molar-refractivity contribution is 6.01. The number of carbonyl (C=O) groups excluding carboxylic acids is 4. The molecule has 1 aromatic heterocycles. The standard InChI is InChI=1S/C24H30N4O6/c1-33-20-5-3-4-16-15(20)12-18(26-16)23(31)27-17(10-13-6-7-13)22(30)28-19(24(32)34-2)11-14-8-9-25-21(14)29/h3-5,12-14,17,19,26H,6-11H2,1-2H3,(H,25,29)(H,27,31)(H,28,30). The summed E-state index contributed by atoms with van der Waals surface area (Å²) in [5.74, 6) is -1.05. The number of hydrogen-bond donors (Lipinski definition) is 4. The molecular formula is C24H30N4O6. The van der Waals surface area contributed by atoms with Crippen LogP contribution >= 0.6 is 0 Å². The highest BCUT2D eigenvalue weighted by atomic mass is 16.5. The Morgan fingerprint density at radius 2 is 1.88 bits per heavy atom. The van der Waals surface area contributed by atoms with Gasteiger partial charge < -0.3 is 30.4 Å². The van der Waals surface area contributed by atoms with Crippen molar-refractivity contribution in [3.63, 3.8) is 0 Å². The van der Waals surface area contributed by atoms with Gasteiger partial charge in [0.1, 0.15) is 23.5 Å². The molecule has 1 aliphatic carbocycles. The lowest BCUT2D eigenvalue weighted by Crippen LogP contribution is -2.52. The quantitative estimate of drug-likeness (QED) is 0.386. The van der Waals surface area contributed by atoms with Crippen LogP contribution in [0.4, 0.5) is 0 Å². The van der Waals surface area contributed by atoms with Crippen LogP contribution in [-0.2, 0) is 19.1 Å². The highest BCUT2D eigenvalue weighted by Gasteiger charge is 2.35. The number of aromatic nitrogens is 1. The fourth-order valence-corrected chi connectivity index (χ4v) is 4.37. The van der Waals surface area contributed by atoms with Crippen molar-refractivity contribution in [2.24, 2.45) is 11.8 Å². The number of methoxy groups -OCH3 is 2. The molecule has 10 nitrogen and oxygen atoms in total. The van der Waals surface area contributed by atoms with Crippen LogP contribution in [0, 0.1) is 11.8 Å². The Labute approximate surface area is 197 Å². The zero-order valence-electron chi connectivity index (χ0n) is 19.3. The Morgan fingerprint density at radius 3 is 2.53 bits per heavy atom. The minimum absolute atomic E-state index is 0.139.